The van der Waals surface area contributed by atoms with Crippen LogP contribution in [0.5, 0.6) is 0 Å². The van der Waals surface area contributed by atoms with Gasteiger partial charge in [-0.25, -0.2) is 22.9 Å². The Morgan fingerprint density at radius 1 is 1.43 bits per heavy atom. The van der Waals surface area contributed by atoms with Crippen molar-refractivity contribution in [3.8, 4) is 0 Å². The molecule has 0 radical (unpaired) electrons. The number of nitrogens with zero attached hydrogens (tertiary/aromatic N) is 1. The topological polar surface area (TPSA) is 96.4 Å². The van der Waals surface area contributed by atoms with Gasteiger partial charge in [-0.15, -0.1) is 11.3 Å². The van der Waals surface area contributed by atoms with Crippen LogP contribution in [0.2, 0.25) is 0 Å². The van der Waals surface area contributed by atoms with Gasteiger partial charge in [0.25, 0.3) is 10.0 Å². The van der Waals surface area contributed by atoms with Gasteiger partial charge in [0.15, 0.2) is 9.90 Å². The minimum Gasteiger partial charge on any atom is -0.476 e. The van der Waals surface area contributed by atoms with Crippen LogP contribution < -0.4 is 4.72 Å². The Labute approximate surface area is 126 Å². The number of thiazole rings is 1. The van der Waals surface area contributed by atoms with Crippen molar-refractivity contribution < 1.29 is 18.3 Å². The van der Waals surface area contributed by atoms with Crippen LogP contribution in [0.25, 0.3) is 0 Å². The maximum atomic E-state index is 12.1. The van der Waals surface area contributed by atoms with Gasteiger partial charge in [0, 0.05) is 6.54 Å². The number of sulfonamides is 1. The summed E-state index contributed by atoms with van der Waals surface area (Å²) >= 11 is 0.791. The third-order valence-electron chi connectivity index (χ3n) is 2.77. The first kappa shape index (κ1) is 15.6. The van der Waals surface area contributed by atoms with E-state index in [1.54, 1.807) is 0 Å². The number of aromatic nitrogens is 1. The SMILES string of the molecule is Cc1cccc(CCNS(=O)(=O)c2scnc2C(=O)O)c1. The molecule has 0 bridgehead atoms. The van der Waals surface area contributed by atoms with Crippen LogP contribution in [-0.2, 0) is 16.4 Å². The molecule has 0 aliphatic heterocycles. The fraction of sp³-hybridized carbons (Fsp3) is 0.231. The number of carboxylic acids is 1. The zero-order valence-corrected chi connectivity index (χ0v) is 12.9. The highest BCUT2D eigenvalue weighted by Gasteiger charge is 2.25. The van der Waals surface area contributed by atoms with Gasteiger partial charge in [-0.3, -0.25) is 0 Å². The van der Waals surface area contributed by atoms with Crippen molar-refractivity contribution >= 4 is 27.3 Å². The molecule has 1 heterocycles. The van der Waals surface area contributed by atoms with Crippen molar-refractivity contribution in [1.82, 2.24) is 9.71 Å². The van der Waals surface area contributed by atoms with E-state index >= 15 is 0 Å². The molecule has 0 spiro atoms. The van der Waals surface area contributed by atoms with Gasteiger partial charge in [-0.05, 0) is 18.9 Å². The average molecular weight is 326 g/mol. The van der Waals surface area contributed by atoms with Crippen LogP contribution in [0.15, 0.2) is 34.0 Å². The Morgan fingerprint density at radius 2 is 2.19 bits per heavy atom. The number of nitrogens with one attached hydrogen (secondary N) is 1. The summed E-state index contributed by atoms with van der Waals surface area (Å²) in [6.45, 7) is 2.16. The Hall–Kier alpha value is -1.77. The van der Waals surface area contributed by atoms with Gasteiger partial charge in [0.2, 0.25) is 0 Å². The van der Waals surface area contributed by atoms with Crippen LogP contribution >= 0.6 is 11.3 Å². The molecule has 2 N–H and O–H groups in total. The molecule has 21 heavy (non-hydrogen) atoms. The van der Waals surface area contributed by atoms with Crippen molar-refractivity contribution in [3.05, 3.63) is 46.6 Å². The first-order chi connectivity index (χ1) is 9.90. The number of aryl methyl sites for hydroxylation is 1. The molecule has 0 atom stereocenters. The van der Waals surface area contributed by atoms with Crippen LogP contribution in [0.3, 0.4) is 0 Å². The molecule has 0 unspecified atom stereocenters. The average Bonchev–Trinajstić information content (AvgIpc) is 2.88. The fourth-order valence-corrected chi connectivity index (χ4v) is 4.05. The number of benzene rings is 1. The predicted octanol–water partition coefficient (Wildman–Crippen LogP) is 1.67. The van der Waals surface area contributed by atoms with Crippen LogP contribution in [0.4, 0.5) is 0 Å². The number of aromatic carboxylic acids is 1. The van der Waals surface area contributed by atoms with E-state index < -0.39 is 21.7 Å². The summed E-state index contributed by atoms with van der Waals surface area (Å²) in [5.41, 5.74) is 2.88. The summed E-state index contributed by atoms with van der Waals surface area (Å²) in [6.07, 6.45) is 0.530. The van der Waals surface area contributed by atoms with Gasteiger partial charge in [-0.1, -0.05) is 29.8 Å². The highest BCUT2D eigenvalue weighted by molar-refractivity contribution is 7.91. The largest absolute Gasteiger partial charge is 0.476 e. The first-order valence-electron chi connectivity index (χ1n) is 6.12. The Balaban J connectivity index is 2.05. The molecule has 6 nitrogen and oxygen atoms in total. The molecule has 0 saturated carbocycles. The molecule has 2 rings (SSSR count). The maximum Gasteiger partial charge on any atom is 0.356 e. The van der Waals surface area contributed by atoms with Gasteiger partial charge in [-0.2, -0.15) is 0 Å². The van der Waals surface area contributed by atoms with Crippen LogP contribution in [0, 0.1) is 6.92 Å². The number of hydrogen-bond acceptors (Lipinski definition) is 5. The zero-order valence-electron chi connectivity index (χ0n) is 11.2. The first-order valence-corrected chi connectivity index (χ1v) is 8.48. The second-order valence-electron chi connectivity index (χ2n) is 4.43. The van der Waals surface area contributed by atoms with E-state index in [0.29, 0.717) is 6.42 Å². The molecular formula is C13H14N2O4S2. The van der Waals surface area contributed by atoms with Crippen molar-refractivity contribution in [2.75, 3.05) is 6.54 Å². The van der Waals surface area contributed by atoms with Crippen LogP contribution in [0.1, 0.15) is 21.6 Å². The van der Waals surface area contributed by atoms with E-state index in [1.807, 2.05) is 31.2 Å². The summed E-state index contributed by atoms with van der Waals surface area (Å²) in [6, 6.07) is 7.76. The second-order valence-corrected chi connectivity index (χ2v) is 7.25. The fourth-order valence-electron chi connectivity index (χ4n) is 1.83. The van der Waals surface area contributed by atoms with Crippen molar-refractivity contribution in [2.45, 2.75) is 17.6 Å². The third-order valence-corrected chi connectivity index (χ3v) is 5.60. The van der Waals surface area contributed by atoms with E-state index in [1.165, 1.54) is 5.51 Å². The van der Waals surface area contributed by atoms with E-state index in [9.17, 15) is 13.2 Å². The summed E-state index contributed by atoms with van der Waals surface area (Å²) < 4.78 is 26.3. The van der Waals surface area contributed by atoms with Gasteiger partial charge >= 0.3 is 5.97 Å². The van der Waals surface area contributed by atoms with E-state index in [-0.39, 0.29) is 10.8 Å². The number of carbonyl (C=O) groups is 1. The number of carboxylic acid groups (broad SMARTS) is 1. The molecule has 0 aliphatic carbocycles. The number of rotatable bonds is 6. The molecule has 112 valence electrons. The third kappa shape index (κ3) is 3.87. The Bertz CT molecular complexity index is 753. The standard InChI is InChI=1S/C13H14N2O4S2/c1-9-3-2-4-10(7-9)5-6-15-21(18,19)13-11(12(16)17)14-8-20-13/h2-4,7-8,15H,5-6H2,1H3,(H,16,17). The molecule has 0 aliphatic rings. The molecule has 0 amide bonds. The minimum atomic E-state index is -3.85. The predicted molar refractivity (Wildman–Crippen MR) is 79.1 cm³/mol. The van der Waals surface area contributed by atoms with E-state index in [0.717, 1.165) is 22.5 Å². The second kappa shape index (κ2) is 6.33. The minimum absolute atomic E-state index is 0.197. The summed E-state index contributed by atoms with van der Waals surface area (Å²) in [5, 5.41) is 8.90. The highest BCUT2D eigenvalue weighted by atomic mass is 32.2. The lowest BCUT2D eigenvalue weighted by molar-refractivity contribution is 0.0687. The molecule has 1 aromatic carbocycles. The normalized spacial score (nSPS) is 11.5. The molecular weight excluding hydrogens is 312 g/mol. The van der Waals surface area contributed by atoms with E-state index in [4.69, 9.17) is 5.11 Å². The molecule has 0 fully saturated rings. The lowest BCUT2D eigenvalue weighted by atomic mass is 10.1. The lowest BCUT2D eigenvalue weighted by Gasteiger charge is -2.06. The maximum absolute atomic E-state index is 12.1. The molecule has 8 heteroatoms. The molecule has 0 saturated heterocycles. The molecule has 1 aromatic heterocycles. The van der Waals surface area contributed by atoms with Crippen molar-refractivity contribution in [2.24, 2.45) is 0 Å². The summed E-state index contributed by atoms with van der Waals surface area (Å²) in [7, 11) is -3.85. The molecule has 2 aromatic rings. The summed E-state index contributed by atoms with van der Waals surface area (Å²) in [4.78, 5) is 14.5. The van der Waals surface area contributed by atoms with Gasteiger partial charge in [0.05, 0.1) is 5.51 Å². The lowest BCUT2D eigenvalue weighted by Crippen LogP contribution is -2.26. The van der Waals surface area contributed by atoms with Crippen LogP contribution in [-0.4, -0.2) is 31.0 Å². The van der Waals surface area contributed by atoms with Gasteiger partial charge < -0.3 is 5.11 Å². The monoisotopic (exact) mass is 326 g/mol. The van der Waals surface area contributed by atoms with E-state index in [2.05, 4.69) is 9.71 Å². The van der Waals surface area contributed by atoms with Crippen molar-refractivity contribution in [3.63, 3.8) is 0 Å². The highest BCUT2D eigenvalue weighted by Crippen LogP contribution is 2.19. The Morgan fingerprint density at radius 3 is 2.86 bits per heavy atom. The smallest absolute Gasteiger partial charge is 0.356 e. The number of hydrogen-bond donors (Lipinski definition) is 2. The Kier molecular flexibility index (Phi) is 4.71. The zero-order chi connectivity index (χ0) is 15.5. The van der Waals surface area contributed by atoms with Crippen molar-refractivity contribution in [1.29, 1.82) is 0 Å². The summed E-state index contributed by atoms with van der Waals surface area (Å²) in [5.74, 6) is -1.35. The quantitative estimate of drug-likeness (QED) is 0.842. The van der Waals surface area contributed by atoms with Gasteiger partial charge in [0.1, 0.15) is 0 Å².